The first-order valence-corrected chi connectivity index (χ1v) is 9.06. The van der Waals surface area contributed by atoms with Crippen LogP contribution in [0.2, 0.25) is 5.02 Å². The zero-order chi connectivity index (χ0) is 20.4. The Morgan fingerprint density at radius 3 is 2.21 bits per heavy atom. The van der Waals surface area contributed by atoms with Gasteiger partial charge < -0.3 is 9.30 Å². The number of thioether (sulfide) groups is 1. The molecule has 11 heteroatoms. The second kappa shape index (κ2) is 8.36. The standard InChI is InChI=1S/C17H11ClF5N3OS/c1-26-11(6-27-10-5-3-2-4-9(10)18)24-25-17(26)28-7-8-12(19)14(21)16(23)15(22)13(8)20/h2-5H,6-7H2,1H3. The fourth-order valence-electron chi connectivity index (χ4n) is 2.21. The van der Waals surface area contributed by atoms with Crippen LogP contribution in [-0.2, 0) is 19.4 Å². The normalized spacial score (nSPS) is 11.1. The first-order valence-electron chi connectivity index (χ1n) is 7.70. The number of rotatable bonds is 6. The van der Waals surface area contributed by atoms with E-state index in [2.05, 4.69) is 10.2 Å². The van der Waals surface area contributed by atoms with E-state index in [1.165, 1.54) is 4.57 Å². The maximum absolute atomic E-state index is 13.7. The Balaban J connectivity index is 1.73. The molecule has 0 radical (unpaired) electrons. The van der Waals surface area contributed by atoms with Crippen LogP contribution in [0.5, 0.6) is 5.75 Å². The molecule has 0 bridgehead atoms. The number of ether oxygens (including phenoxy) is 1. The minimum Gasteiger partial charge on any atom is -0.484 e. The van der Waals surface area contributed by atoms with E-state index >= 15 is 0 Å². The molecule has 2 aromatic carbocycles. The summed E-state index contributed by atoms with van der Waals surface area (Å²) in [6.07, 6.45) is 0. The summed E-state index contributed by atoms with van der Waals surface area (Å²) in [4.78, 5) is 0. The van der Waals surface area contributed by atoms with Crippen molar-refractivity contribution in [3.63, 3.8) is 0 Å². The van der Waals surface area contributed by atoms with Crippen LogP contribution in [0.25, 0.3) is 0 Å². The lowest BCUT2D eigenvalue weighted by atomic mass is 10.2. The topological polar surface area (TPSA) is 39.9 Å². The third-order valence-electron chi connectivity index (χ3n) is 3.76. The van der Waals surface area contributed by atoms with Crippen LogP contribution >= 0.6 is 23.4 Å². The maximum atomic E-state index is 13.7. The number of halogens is 6. The summed E-state index contributed by atoms with van der Waals surface area (Å²) in [5.41, 5.74) is -0.932. The third-order valence-corrected chi connectivity index (χ3v) is 5.12. The fourth-order valence-corrected chi connectivity index (χ4v) is 3.33. The van der Waals surface area contributed by atoms with Crippen LogP contribution < -0.4 is 4.74 Å². The van der Waals surface area contributed by atoms with Gasteiger partial charge in [0.1, 0.15) is 12.4 Å². The summed E-state index contributed by atoms with van der Waals surface area (Å²) in [6, 6.07) is 6.80. The molecule has 4 nitrogen and oxygen atoms in total. The molecule has 148 valence electrons. The van der Waals surface area contributed by atoms with E-state index in [9.17, 15) is 22.0 Å². The van der Waals surface area contributed by atoms with E-state index in [-0.39, 0.29) is 11.8 Å². The minimum absolute atomic E-state index is 0.0102. The van der Waals surface area contributed by atoms with Crippen molar-refractivity contribution < 1.29 is 26.7 Å². The average molecular weight is 436 g/mol. The van der Waals surface area contributed by atoms with Crippen molar-refractivity contribution in [2.45, 2.75) is 17.5 Å². The zero-order valence-corrected chi connectivity index (χ0v) is 15.7. The van der Waals surface area contributed by atoms with Crippen LogP contribution in [0, 0.1) is 29.1 Å². The molecule has 0 saturated heterocycles. The maximum Gasteiger partial charge on any atom is 0.200 e. The van der Waals surface area contributed by atoms with Crippen molar-refractivity contribution in [3.8, 4) is 5.75 Å². The average Bonchev–Trinajstić information content (AvgIpc) is 3.04. The van der Waals surface area contributed by atoms with Gasteiger partial charge in [0.05, 0.1) is 5.02 Å². The van der Waals surface area contributed by atoms with E-state index in [4.69, 9.17) is 16.3 Å². The van der Waals surface area contributed by atoms with Gasteiger partial charge in [0.2, 0.25) is 5.82 Å². The molecular formula is C17H11ClF5N3OS. The molecule has 0 spiro atoms. The molecule has 0 aliphatic carbocycles. The van der Waals surface area contributed by atoms with E-state index in [0.717, 1.165) is 11.8 Å². The summed E-state index contributed by atoms with van der Waals surface area (Å²) in [6.45, 7) is 0.0102. The summed E-state index contributed by atoms with van der Waals surface area (Å²) in [7, 11) is 1.58. The number of para-hydroxylation sites is 1. The van der Waals surface area contributed by atoms with Gasteiger partial charge in [-0.15, -0.1) is 10.2 Å². The van der Waals surface area contributed by atoms with Crippen LogP contribution in [0.1, 0.15) is 11.4 Å². The van der Waals surface area contributed by atoms with Crippen LogP contribution in [-0.4, -0.2) is 14.8 Å². The molecular weight excluding hydrogens is 425 g/mol. The SMILES string of the molecule is Cn1c(COc2ccccc2Cl)nnc1SCc1c(F)c(F)c(F)c(F)c1F. The predicted octanol–water partition coefficient (Wildman–Crippen LogP) is 5.04. The Hall–Kier alpha value is -2.33. The van der Waals surface area contributed by atoms with Crippen LogP contribution in [0.4, 0.5) is 22.0 Å². The molecule has 0 fully saturated rings. The van der Waals surface area contributed by atoms with Gasteiger partial charge in [-0.2, -0.15) is 0 Å². The highest BCUT2D eigenvalue weighted by Crippen LogP contribution is 2.29. The van der Waals surface area contributed by atoms with Gasteiger partial charge in [0, 0.05) is 18.4 Å². The van der Waals surface area contributed by atoms with Crippen molar-refractivity contribution in [1.29, 1.82) is 0 Å². The van der Waals surface area contributed by atoms with Gasteiger partial charge in [-0.25, -0.2) is 22.0 Å². The Labute approximate surface area is 165 Å². The molecule has 1 aromatic heterocycles. The first kappa shape index (κ1) is 20.4. The number of hydrogen-bond acceptors (Lipinski definition) is 4. The lowest BCUT2D eigenvalue weighted by Gasteiger charge is -2.09. The van der Waals surface area contributed by atoms with Crippen LogP contribution in [0.15, 0.2) is 29.4 Å². The first-order chi connectivity index (χ1) is 13.3. The number of hydrogen-bond donors (Lipinski definition) is 0. The summed E-state index contributed by atoms with van der Waals surface area (Å²) < 4.78 is 74.2. The second-order valence-electron chi connectivity index (χ2n) is 5.51. The molecule has 0 atom stereocenters. The number of aromatic nitrogens is 3. The Morgan fingerprint density at radius 1 is 0.964 bits per heavy atom. The van der Waals surface area contributed by atoms with Crippen molar-refractivity contribution in [3.05, 3.63) is 69.8 Å². The minimum atomic E-state index is -2.19. The third kappa shape index (κ3) is 3.93. The molecule has 0 unspecified atom stereocenters. The predicted molar refractivity (Wildman–Crippen MR) is 92.6 cm³/mol. The quantitative estimate of drug-likeness (QED) is 0.235. The molecule has 0 amide bonds. The Morgan fingerprint density at radius 2 is 1.57 bits per heavy atom. The Bertz CT molecular complexity index is 1000. The molecule has 3 aromatic rings. The number of benzene rings is 2. The van der Waals surface area contributed by atoms with Gasteiger partial charge in [-0.1, -0.05) is 35.5 Å². The second-order valence-corrected chi connectivity index (χ2v) is 6.86. The van der Waals surface area contributed by atoms with E-state index < -0.39 is 40.4 Å². The highest BCUT2D eigenvalue weighted by Gasteiger charge is 2.26. The molecule has 0 aliphatic rings. The summed E-state index contributed by atoms with van der Waals surface area (Å²) >= 11 is 6.76. The van der Waals surface area contributed by atoms with Crippen molar-refractivity contribution >= 4 is 23.4 Å². The molecule has 1 heterocycles. The van der Waals surface area contributed by atoms with Gasteiger partial charge in [-0.05, 0) is 12.1 Å². The van der Waals surface area contributed by atoms with Crippen molar-refractivity contribution in [2.75, 3.05) is 0 Å². The molecule has 0 N–H and O–H groups in total. The van der Waals surface area contributed by atoms with Crippen molar-refractivity contribution in [1.82, 2.24) is 14.8 Å². The lowest BCUT2D eigenvalue weighted by Crippen LogP contribution is -2.07. The largest absolute Gasteiger partial charge is 0.484 e. The van der Waals surface area contributed by atoms with E-state index in [1.54, 1.807) is 31.3 Å². The van der Waals surface area contributed by atoms with E-state index in [1.807, 2.05) is 0 Å². The highest BCUT2D eigenvalue weighted by atomic mass is 35.5. The van der Waals surface area contributed by atoms with Crippen molar-refractivity contribution in [2.24, 2.45) is 7.05 Å². The number of nitrogens with zero attached hydrogens (tertiary/aromatic N) is 3. The fraction of sp³-hybridized carbons (Fsp3) is 0.176. The monoisotopic (exact) mass is 435 g/mol. The van der Waals surface area contributed by atoms with Gasteiger partial charge >= 0.3 is 0 Å². The molecule has 28 heavy (non-hydrogen) atoms. The van der Waals surface area contributed by atoms with Gasteiger partial charge in [0.25, 0.3) is 0 Å². The molecule has 0 aliphatic heterocycles. The molecule has 3 rings (SSSR count). The summed E-state index contributed by atoms with van der Waals surface area (Å²) in [5, 5.41) is 8.36. The Kier molecular flexibility index (Phi) is 6.09. The van der Waals surface area contributed by atoms with Gasteiger partial charge in [0.15, 0.2) is 34.2 Å². The van der Waals surface area contributed by atoms with Crippen LogP contribution in [0.3, 0.4) is 0 Å². The zero-order valence-electron chi connectivity index (χ0n) is 14.1. The smallest absolute Gasteiger partial charge is 0.200 e. The van der Waals surface area contributed by atoms with E-state index in [0.29, 0.717) is 16.6 Å². The highest BCUT2D eigenvalue weighted by molar-refractivity contribution is 7.98. The van der Waals surface area contributed by atoms with Gasteiger partial charge in [-0.3, -0.25) is 0 Å². The summed E-state index contributed by atoms with van der Waals surface area (Å²) in [5.74, 6) is -9.61. The lowest BCUT2D eigenvalue weighted by molar-refractivity contribution is 0.290. The molecule has 0 saturated carbocycles.